The summed E-state index contributed by atoms with van der Waals surface area (Å²) < 4.78 is 30.6. The zero-order valence-electron chi connectivity index (χ0n) is 10.1. The van der Waals surface area contributed by atoms with Crippen LogP contribution in [0.1, 0.15) is 22.8 Å². The molecule has 0 N–H and O–H groups in total. The van der Waals surface area contributed by atoms with Crippen molar-refractivity contribution in [2.24, 2.45) is 0 Å². The van der Waals surface area contributed by atoms with E-state index in [9.17, 15) is 8.42 Å². The van der Waals surface area contributed by atoms with Gasteiger partial charge in [0.1, 0.15) is 5.69 Å². The van der Waals surface area contributed by atoms with Gasteiger partial charge < -0.3 is 4.52 Å². The lowest BCUT2D eigenvalue weighted by molar-refractivity contribution is 0.390. The summed E-state index contributed by atoms with van der Waals surface area (Å²) in [5.41, 5.74) is 1.55. The van der Waals surface area contributed by atoms with Gasteiger partial charge in [0.2, 0.25) is 0 Å². The van der Waals surface area contributed by atoms with Gasteiger partial charge in [-0.25, -0.2) is 0 Å². The predicted octanol–water partition coefficient (Wildman–Crippen LogP) is 1.34. The Labute approximate surface area is 99.3 Å². The highest BCUT2D eigenvalue weighted by atomic mass is 32.2. The Morgan fingerprint density at radius 2 is 1.88 bits per heavy atom. The third-order valence-corrected chi connectivity index (χ3v) is 4.35. The van der Waals surface area contributed by atoms with Crippen molar-refractivity contribution in [3.63, 3.8) is 0 Å². The normalized spacial score (nSPS) is 12.0. The van der Waals surface area contributed by atoms with Gasteiger partial charge >= 0.3 is 0 Å². The highest BCUT2D eigenvalue weighted by Gasteiger charge is 2.28. The third kappa shape index (κ3) is 1.76. The van der Waals surface area contributed by atoms with E-state index in [-0.39, 0.29) is 10.7 Å². The molecule has 0 fully saturated rings. The fraction of sp³-hybridized carbons (Fsp3) is 0.400. The minimum absolute atomic E-state index is 0.0868. The lowest BCUT2D eigenvalue weighted by Crippen LogP contribution is -2.17. The monoisotopic (exact) mass is 255 g/mol. The fourth-order valence-corrected chi connectivity index (χ4v) is 3.43. The highest BCUT2D eigenvalue weighted by Crippen LogP contribution is 2.22. The number of hydrogen-bond acceptors (Lipinski definition) is 5. The van der Waals surface area contributed by atoms with Crippen LogP contribution in [-0.4, -0.2) is 22.8 Å². The quantitative estimate of drug-likeness (QED) is 0.809. The van der Waals surface area contributed by atoms with E-state index in [4.69, 9.17) is 4.52 Å². The van der Waals surface area contributed by atoms with Crippen molar-refractivity contribution in [2.75, 3.05) is 0 Å². The summed E-state index contributed by atoms with van der Waals surface area (Å²) in [7, 11) is -3.72. The molecule has 0 aromatic carbocycles. The zero-order valence-corrected chi connectivity index (χ0v) is 10.9. The Kier molecular flexibility index (Phi) is 2.57. The number of aromatic nitrogens is 3. The van der Waals surface area contributed by atoms with Crippen molar-refractivity contribution in [3.05, 3.63) is 28.9 Å². The lowest BCUT2D eigenvalue weighted by atomic mass is 10.4. The first kappa shape index (κ1) is 11.8. The van der Waals surface area contributed by atoms with Gasteiger partial charge in [-0.15, -0.1) is 0 Å². The van der Waals surface area contributed by atoms with E-state index in [0.717, 1.165) is 4.09 Å². The summed E-state index contributed by atoms with van der Waals surface area (Å²) in [6.07, 6.45) is 0. The van der Waals surface area contributed by atoms with Crippen LogP contribution in [0, 0.1) is 27.7 Å². The molecule has 2 heterocycles. The van der Waals surface area contributed by atoms with Crippen LogP contribution < -0.4 is 0 Å². The van der Waals surface area contributed by atoms with Gasteiger partial charge in [-0.1, -0.05) is 5.16 Å². The van der Waals surface area contributed by atoms with Gasteiger partial charge in [0, 0.05) is 0 Å². The molecule has 0 spiro atoms. The van der Waals surface area contributed by atoms with E-state index in [0.29, 0.717) is 17.1 Å². The molecule has 2 aromatic heterocycles. The maximum Gasteiger partial charge on any atom is 0.288 e. The fourth-order valence-electron chi connectivity index (χ4n) is 1.78. The van der Waals surface area contributed by atoms with E-state index >= 15 is 0 Å². The van der Waals surface area contributed by atoms with Gasteiger partial charge in [0.15, 0.2) is 10.7 Å². The molecule has 0 bridgehead atoms. The van der Waals surface area contributed by atoms with Crippen LogP contribution in [0.25, 0.3) is 0 Å². The summed E-state index contributed by atoms with van der Waals surface area (Å²) in [5.74, 6) is 0.273. The lowest BCUT2D eigenvalue weighted by Gasteiger charge is -2.05. The summed E-state index contributed by atoms with van der Waals surface area (Å²) >= 11 is 0. The molecule has 0 unspecified atom stereocenters. The SMILES string of the molecule is Cc1cc(C)n(S(=O)(=O)c2c(C)noc2C)n1. The minimum Gasteiger partial charge on any atom is -0.360 e. The van der Waals surface area contributed by atoms with E-state index in [2.05, 4.69) is 10.3 Å². The Morgan fingerprint density at radius 1 is 1.24 bits per heavy atom. The van der Waals surface area contributed by atoms with Gasteiger partial charge in [-0.2, -0.15) is 17.6 Å². The maximum absolute atomic E-state index is 12.4. The van der Waals surface area contributed by atoms with Crippen LogP contribution in [0.4, 0.5) is 0 Å². The molecule has 0 saturated carbocycles. The van der Waals surface area contributed by atoms with Gasteiger partial charge in [-0.3, -0.25) is 0 Å². The van der Waals surface area contributed by atoms with Crippen LogP contribution in [0.3, 0.4) is 0 Å². The molecule has 0 aliphatic heterocycles. The zero-order chi connectivity index (χ0) is 12.8. The average Bonchev–Trinajstić information content (AvgIpc) is 2.70. The molecule has 2 rings (SSSR count). The largest absolute Gasteiger partial charge is 0.360 e. The maximum atomic E-state index is 12.4. The van der Waals surface area contributed by atoms with Crippen LogP contribution in [-0.2, 0) is 10.0 Å². The van der Waals surface area contributed by atoms with Gasteiger partial charge in [0.05, 0.1) is 11.4 Å². The van der Waals surface area contributed by atoms with E-state index in [1.165, 1.54) is 0 Å². The topological polar surface area (TPSA) is 78.0 Å². The molecule has 0 radical (unpaired) electrons. The van der Waals surface area contributed by atoms with Crippen LogP contribution in [0.2, 0.25) is 0 Å². The van der Waals surface area contributed by atoms with Crippen molar-refractivity contribution in [2.45, 2.75) is 32.6 Å². The number of hydrogen-bond donors (Lipinski definition) is 0. The third-order valence-electron chi connectivity index (χ3n) is 2.42. The number of nitrogens with zero attached hydrogens (tertiary/aromatic N) is 3. The molecule has 0 saturated heterocycles. The molecule has 6 nitrogen and oxygen atoms in total. The molecule has 0 aliphatic carbocycles. The highest BCUT2D eigenvalue weighted by molar-refractivity contribution is 7.90. The van der Waals surface area contributed by atoms with Crippen LogP contribution >= 0.6 is 0 Å². The molecule has 0 atom stereocenters. The minimum atomic E-state index is -3.72. The second kappa shape index (κ2) is 3.69. The summed E-state index contributed by atoms with van der Waals surface area (Å²) in [4.78, 5) is 0.0868. The molecule has 0 aliphatic rings. The summed E-state index contributed by atoms with van der Waals surface area (Å²) in [6.45, 7) is 6.59. The Bertz CT molecular complexity index is 648. The summed E-state index contributed by atoms with van der Waals surface area (Å²) in [5, 5.41) is 7.63. The van der Waals surface area contributed by atoms with Crippen LogP contribution in [0.15, 0.2) is 15.5 Å². The first-order valence-electron chi connectivity index (χ1n) is 5.05. The Hall–Kier alpha value is -1.63. The molecular formula is C10H13N3O3S. The van der Waals surface area contributed by atoms with Gasteiger partial charge in [-0.05, 0) is 33.8 Å². The van der Waals surface area contributed by atoms with E-state index in [1.807, 2.05) is 0 Å². The van der Waals surface area contributed by atoms with Crippen LogP contribution in [0.5, 0.6) is 0 Å². The first-order valence-corrected chi connectivity index (χ1v) is 6.49. The predicted molar refractivity (Wildman–Crippen MR) is 60.3 cm³/mol. The van der Waals surface area contributed by atoms with E-state index in [1.54, 1.807) is 33.8 Å². The second-order valence-corrected chi connectivity index (χ2v) is 5.63. The smallest absolute Gasteiger partial charge is 0.288 e. The number of aryl methyl sites for hydroxylation is 4. The molecule has 0 amide bonds. The molecule has 17 heavy (non-hydrogen) atoms. The molecule has 2 aromatic rings. The second-order valence-electron chi connectivity index (χ2n) is 3.93. The van der Waals surface area contributed by atoms with Crippen molar-refractivity contribution >= 4 is 10.0 Å². The standard InChI is InChI=1S/C10H13N3O3S/c1-6-5-7(2)13(11-6)17(14,15)10-8(3)12-16-9(10)4/h5H,1-4H3. The Morgan fingerprint density at radius 3 is 2.29 bits per heavy atom. The Balaban J connectivity index is 2.70. The van der Waals surface area contributed by atoms with Crippen molar-refractivity contribution in [1.29, 1.82) is 0 Å². The van der Waals surface area contributed by atoms with Crippen molar-refractivity contribution in [1.82, 2.24) is 14.3 Å². The molecule has 92 valence electrons. The average molecular weight is 255 g/mol. The molecule has 7 heteroatoms. The van der Waals surface area contributed by atoms with Crippen molar-refractivity contribution in [3.8, 4) is 0 Å². The molecular weight excluding hydrogens is 242 g/mol. The number of rotatable bonds is 2. The first-order chi connectivity index (χ1) is 7.84. The van der Waals surface area contributed by atoms with E-state index < -0.39 is 10.0 Å². The van der Waals surface area contributed by atoms with Crippen molar-refractivity contribution < 1.29 is 12.9 Å². The van der Waals surface area contributed by atoms with Gasteiger partial charge in [0.25, 0.3) is 10.0 Å². The summed E-state index contributed by atoms with van der Waals surface area (Å²) in [6, 6.07) is 1.70.